The van der Waals surface area contributed by atoms with Crippen LogP contribution in [-0.4, -0.2) is 117 Å². The number of hydrogen-bond donors (Lipinski definition) is 4. The van der Waals surface area contributed by atoms with Gasteiger partial charge in [0.2, 0.25) is 11.8 Å². The number of aromatic nitrogens is 4. The number of fused-ring (bicyclic) bond motifs is 6. The average molecular weight is 973 g/mol. The number of alkyl carbamates (subject to hydrolysis) is 2. The Bertz CT molecular complexity index is 2820. The van der Waals surface area contributed by atoms with Gasteiger partial charge in [-0.3, -0.25) is 9.59 Å². The molecule has 5 aliphatic rings. The molecular formula is C54H68N8O9. The van der Waals surface area contributed by atoms with Gasteiger partial charge in [-0.05, 0) is 151 Å². The number of likely N-dealkylation sites (tertiary alicyclic amines) is 2. The van der Waals surface area contributed by atoms with E-state index in [1.165, 1.54) is 14.2 Å². The molecule has 7 heterocycles. The van der Waals surface area contributed by atoms with Crippen LogP contribution in [0.5, 0.6) is 5.75 Å². The highest BCUT2D eigenvalue weighted by Crippen LogP contribution is 2.45. The van der Waals surface area contributed by atoms with Gasteiger partial charge in [0, 0.05) is 23.0 Å². The van der Waals surface area contributed by atoms with Crippen LogP contribution in [0.1, 0.15) is 129 Å². The predicted molar refractivity (Wildman–Crippen MR) is 266 cm³/mol. The minimum atomic E-state index is -0.758. The van der Waals surface area contributed by atoms with Crippen molar-refractivity contribution < 1.29 is 42.9 Å². The van der Waals surface area contributed by atoms with E-state index in [1.807, 2.05) is 42.8 Å². The van der Waals surface area contributed by atoms with Crippen LogP contribution in [0.25, 0.3) is 44.2 Å². The Kier molecular flexibility index (Phi) is 13.5. The lowest BCUT2D eigenvalue weighted by atomic mass is 9.84. The number of nitrogens with one attached hydrogen (secondary N) is 4. The van der Waals surface area contributed by atoms with Gasteiger partial charge in [0.1, 0.15) is 36.1 Å². The minimum Gasteiger partial charge on any atom is -0.488 e. The molecule has 4 amide bonds. The lowest BCUT2D eigenvalue weighted by Crippen LogP contribution is -2.55. The number of carbonyl (C=O) groups excluding carboxylic acids is 4. The van der Waals surface area contributed by atoms with E-state index >= 15 is 0 Å². The van der Waals surface area contributed by atoms with Crippen LogP contribution < -0.4 is 15.4 Å². The number of rotatable bonds is 10. The quantitative estimate of drug-likeness (QED) is 0.104. The van der Waals surface area contributed by atoms with Gasteiger partial charge in [-0.25, -0.2) is 19.6 Å². The van der Waals surface area contributed by atoms with Crippen molar-refractivity contribution in [3.63, 3.8) is 0 Å². The zero-order valence-electron chi connectivity index (χ0n) is 42.1. The molecule has 5 aliphatic heterocycles. The summed E-state index contributed by atoms with van der Waals surface area (Å²) >= 11 is 0. The number of H-pyrrole nitrogens is 2. The van der Waals surface area contributed by atoms with Gasteiger partial charge in [0.25, 0.3) is 0 Å². The summed E-state index contributed by atoms with van der Waals surface area (Å²) in [4.78, 5) is 75.6. The van der Waals surface area contributed by atoms with Crippen molar-refractivity contribution in [1.29, 1.82) is 0 Å². The number of methoxy groups -OCH3 is 2. The second kappa shape index (κ2) is 19.8. The Hall–Kier alpha value is -6.20. The molecule has 378 valence electrons. The highest BCUT2D eigenvalue weighted by atomic mass is 16.5. The molecular weight excluding hydrogens is 905 g/mol. The third-order valence-corrected chi connectivity index (χ3v) is 16.0. The van der Waals surface area contributed by atoms with Crippen molar-refractivity contribution in [3.05, 3.63) is 65.9 Å². The number of nitrogens with zero attached hydrogens (tertiary/aromatic N) is 4. The number of benzene rings is 3. The molecule has 4 saturated heterocycles. The molecule has 10 rings (SSSR count). The Morgan fingerprint density at radius 1 is 0.732 bits per heavy atom. The summed E-state index contributed by atoms with van der Waals surface area (Å²) < 4.78 is 28.6. The molecule has 2 aromatic heterocycles. The summed E-state index contributed by atoms with van der Waals surface area (Å²) in [7, 11) is 2.64. The van der Waals surface area contributed by atoms with Crippen molar-refractivity contribution in [2.24, 2.45) is 11.8 Å². The summed E-state index contributed by atoms with van der Waals surface area (Å²) in [6.45, 7) is 12.6. The van der Waals surface area contributed by atoms with E-state index < -0.39 is 24.3 Å². The third kappa shape index (κ3) is 9.31. The Morgan fingerprint density at radius 2 is 1.35 bits per heavy atom. The number of aromatic amines is 2. The van der Waals surface area contributed by atoms with Crippen LogP contribution in [0, 0.1) is 11.8 Å². The molecule has 4 fully saturated rings. The standard InChI is InChI=1S/C54H68N8O9/c1-9-37-22-35(20-31(6)71-37)47(60-54(66)68-8)52(64)61-27(2)10-16-43(61)49-55-25-42(57-49)33-12-14-38-36(21-33)26-69-45-24-39-32(23-40(38)45)13-15-41-48(39)58-50(56-41)44-17-11-28(3)62(44)51(63)46(59-53(65)67-7)34-18-29(4)70-30(5)19-34/h12-15,21,23-25,27-31,34-35,37,43-44,46-47H,9-11,16-20,22,26H2,1-8H3,(H,55,57)(H,56,58)(H,59,65)(H,60,66)/t27-,28-,29+,30+,31-,35+,37+,43-,44-,46-,47?/m0/s1. The fraction of sp³-hybridized carbons (Fsp3) is 0.556. The van der Waals surface area contributed by atoms with Crippen LogP contribution in [-0.2, 0) is 35.1 Å². The molecule has 17 nitrogen and oxygen atoms in total. The van der Waals surface area contributed by atoms with Gasteiger partial charge in [-0.15, -0.1) is 0 Å². The highest BCUT2D eigenvalue weighted by Gasteiger charge is 2.46. The lowest BCUT2D eigenvalue weighted by molar-refractivity contribution is -0.141. The molecule has 0 spiro atoms. The maximum atomic E-state index is 14.6. The molecule has 3 aromatic carbocycles. The molecule has 0 aliphatic carbocycles. The molecule has 11 atom stereocenters. The zero-order chi connectivity index (χ0) is 49.8. The first-order valence-corrected chi connectivity index (χ1v) is 25.6. The normalized spacial score (nSPS) is 28.2. The van der Waals surface area contributed by atoms with Crippen LogP contribution in [0.15, 0.2) is 48.7 Å². The van der Waals surface area contributed by atoms with Crippen LogP contribution in [0.4, 0.5) is 9.59 Å². The SMILES string of the molecule is CC[C@@H]1C[C@H](C(NC(=O)OC)C(=O)N2[C@@H](C)CC[C@H]2c2ncc(-c3ccc4c(c3)COc3cc5c(ccc6[nH]c([C@@H]7CC[C@H](C)N7C(=O)[C@@H](NC(=O)OC)C7C[C@@H](C)O[C@H](C)C7)nc65)cc3-4)[nH]2)C[C@H](C)O1. The van der Waals surface area contributed by atoms with Crippen molar-refractivity contribution in [2.45, 2.75) is 167 Å². The summed E-state index contributed by atoms with van der Waals surface area (Å²) in [5, 5.41) is 7.77. The zero-order valence-corrected chi connectivity index (χ0v) is 42.1. The molecule has 5 aromatic rings. The van der Waals surface area contributed by atoms with Gasteiger partial charge < -0.3 is 54.1 Å². The Balaban J connectivity index is 0.889. The largest absolute Gasteiger partial charge is 0.488 e. The second-order valence-corrected chi connectivity index (χ2v) is 20.8. The van der Waals surface area contributed by atoms with Gasteiger partial charge in [-0.2, -0.15) is 0 Å². The van der Waals surface area contributed by atoms with Crippen LogP contribution >= 0.6 is 0 Å². The minimum absolute atomic E-state index is 0.0175. The molecule has 4 N–H and O–H groups in total. The Morgan fingerprint density at radius 3 is 1.99 bits per heavy atom. The van der Waals surface area contributed by atoms with E-state index in [1.54, 1.807) is 0 Å². The maximum absolute atomic E-state index is 14.6. The molecule has 0 saturated carbocycles. The monoisotopic (exact) mass is 973 g/mol. The predicted octanol–water partition coefficient (Wildman–Crippen LogP) is 9.02. The first-order chi connectivity index (χ1) is 34.2. The van der Waals surface area contributed by atoms with E-state index in [4.69, 9.17) is 33.7 Å². The first-order valence-electron chi connectivity index (χ1n) is 25.6. The molecule has 0 radical (unpaired) electrons. The van der Waals surface area contributed by atoms with E-state index in [0.717, 1.165) is 87.6 Å². The van der Waals surface area contributed by atoms with E-state index in [-0.39, 0.29) is 72.2 Å². The molecule has 71 heavy (non-hydrogen) atoms. The van der Waals surface area contributed by atoms with Crippen molar-refractivity contribution in [2.75, 3.05) is 14.2 Å². The smallest absolute Gasteiger partial charge is 0.407 e. The second-order valence-electron chi connectivity index (χ2n) is 20.8. The van der Waals surface area contributed by atoms with Crippen molar-refractivity contribution in [3.8, 4) is 28.1 Å². The molecule has 0 bridgehead atoms. The third-order valence-electron chi connectivity index (χ3n) is 16.0. The van der Waals surface area contributed by atoms with Gasteiger partial charge in [0.05, 0.1) is 73.6 Å². The number of amides is 4. The van der Waals surface area contributed by atoms with Gasteiger partial charge >= 0.3 is 12.2 Å². The van der Waals surface area contributed by atoms with E-state index in [0.29, 0.717) is 43.9 Å². The first kappa shape index (κ1) is 48.4. The fourth-order valence-corrected chi connectivity index (χ4v) is 12.6. The number of imidazole rings is 2. The molecule has 17 heteroatoms. The molecule has 1 unspecified atom stereocenters. The Labute approximate surface area is 414 Å². The lowest BCUT2D eigenvalue weighted by Gasteiger charge is -2.40. The number of hydrogen-bond acceptors (Lipinski definition) is 11. The maximum Gasteiger partial charge on any atom is 0.407 e. The summed E-state index contributed by atoms with van der Waals surface area (Å²) in [5.74, 6) is 1.73. The van der Waals surface area contributed by atoms with E-state index in [9.17, 15) is 19.2 Å². The van der Waals surface area contributed by atoms with Crippen LogP contribution in [0.2, 0.25) is 0 Å². The van der Waals surface area contributed by atoms with Gasteiger partial charge in [0.15, 0.2) is 0 Å². The van der Waals surface area contributed by atoms with Crippen molar-refractivity contribution >= 4 is 45.8 Å². The van der Waals surface area contributed by atoms with Crippen LogP contribution in [0.3, 0.4) is 0 Å². The summed E-state index contributed by atoms with van der Waals surface area (Å²) in [6, 6.07) is 12.5. The van der Waals surface area contributed by atoms with E-state index in [2.05, 4.69) is 77.8 Å². The van der Waals surface area contributed by atoms with Crippen molar-refractivity contribution in [1.82, 2.24) is 40.4 Å². The number of carbonyl (C=O) groups is 4. The summed E-state index contributed by atoms with van der Waals surface area (Å²) in [6.07, 6.45) is 7.06. The summed E-state index contributed by atoms with van der Waals surface area (Å²) in [5.41, 5.74) is 6.57. The number of ether oxygens (including phenoxy) is 5. The average Bonchev–Trinajstić information content (AvgIpc) is 4.19. The van der Waals surface area contributed by atoms with Gasteiger partial charge in [-0.1, -0.05) is 25.1 Å². The fourth-order valence-electron chi connectivity index (χ4n) is 12.6. The topological polar surface area (TPSA) is 202 Å². The highest BCUT2D eigenvalue weighted by molar-refractivity contribution is 6.07.